The summed E-state index contributed by atoms with van der Waals surface area (Å²) < 4.78 is 5.22. The fourth-order valence-electron chi connectivity index (χ4n) is 3.85. The summed E-state index contributed by atoms with van der Waals surface area (Å²) in [7, 11) is 1.57. The number of rotatable bonds is 8. The summed E-state index contributed by atoms with van der Waals surface area (Å²) >= 11 is 1.44. The third kappa shape index (κ3) is 6.15. The number of nitrogens with one attached hydrogen (secondary N) is 2. The van der Waals surface area contributed by atoms with Crippen LogP contribution in [0.15, 0.2) is 102 Å². The Morgan fingerprint density at radius 3 is 2.19 bits per heavy atom. The van der Waals surface area contributed by atoms with Gasteiger partial charge in [-0.25, -0.2) is 0 Å². The normalized spacial score (nSPS) is 11.4. The lowest BCUT2D eigenvalue weighted by Crippen LogP contribution is -2.20. The Kier molecular flexibility index (Phi) is 8.08. The van der Waals surface area contributed by atoms with E-state index in [4.69, 9.17) is 4.74 Å². The smallest absolute Gasteiger partial charge is 0.255 e. The Morgan fingerprint density at radius 1 is 0.778 bits per heavy atom. The summed E-state index contributed by atoms with van der Waals surface area (Å²) in [6.45, 7) is 3.98. The number of anilines is 2. The molecule has 0 fully saturated rings. The summed E-state index contributed by atoms with van der Waals surface area (Å²) in [5.74, 6) is 0.283. The van der Waals surface area contributed by atoms with E-state index in [0.717, 1.165) is 27.3 Å². The van der Waals surface area contributed by atoms with Crippen LogP contribution in [-0.2, 0) is 4.79 Å². The molecule has 0 aromatic heterocycles. The Balaban J connectivity index is 1.56. The topological polar surface area (TPSA) is 67.4 Å². The molecule has 0 heterocycles. The molecule has 4 aromatic rings. The zero-order valence-corrected chi connectivity index (χ0v) is 21.3. The third-order valence-electron chi connectivity index (χ3n) is 5.75. The molecule has 0 aliphatic heterocycles. The fraction of sp³-hybridized carbons (Fsp3) is 0.133. The van der Waals surface area contributed by atoms with Crippen molar-refractivity contribution in [2.45, 2.75) is 24.0 Å². The number of hydrogen-bond donors (Lipinski definition) is 2. The van der Waals surface area contributed by atoms with Gasteiger partial charge in [0.15, 0.2) is 0 Å². The van der Waals surface area contributed by atoms with Crippen molar-refractivity contribution in [3.8, 4) is 5.75 Å². The molecule has 0 spiro atoms. The number of methoxy groups -OCH3 is 1. The molecule has 1 atom stereocenters. The van der Waals surface area contributed by atoms with Crippen LogP contribution in [0, 0.1) is 13.8 Å². The van der Waals surface area contributed by atoms with Gasteiger partial charge in [0.2, 0.25) is 5.91 Å². The van der Waals surface area contributed by atoms with E-state index in [1.54, 1.807) is 31.4 Å². The first-order valence-electron chi connectivity index (χ1n) is 11.6. The van der Waals surface area contributed by atoms with Gasteiger partial charge < -0.3 is 15.4 Å². The summed E-state index contributed by atoms with van der Waals surface area (Å²) in [6, 6.07) is 30.2. The van der Waals surface area contributed by atoms with Gasteiger partial charge in [0.25, 0.3) is 5.91 Å². The van der Waals surface area contributed by atoms with Gasteiger partial charge in [0, 0.05) is 21.8 Å². The van der Waals surface area contributed by atoms with Crippen molar-refractivity contribution >= 4 is 35.0 Å². The number of benzene rings is 4. The zero-order valence-electron chi connectivity index (χ0n) is 20.4. The van der Waals surface area contributed by atoms with E-state index < -0.39 is 5.25 Å². The number of thioether (sulfide) groups is 1. The average Bonchev–Trinajstić information content (AvgIpc) is 2.90. The van der Waals surface area contributed by atoms with Gasteiger partial charge in [-0.15, -0.1) is 11.8 Å². The van der Waals surface area contributed by atoms with E-state index in [9.17, 15) is 9.59 Å². The zero-order chi connectivity index (χ0) is 25.5. The maximum Gasteiger partial charge on any atom is 0.255 e. The highest BCUT2D eigenvalue weighted by molar-refractivity contribution is 8.00. The van der Waals surface area contributed by atoms with Crippen molar-refractivity contribution < 1.29 is 14.3 Å². The van der Waals surface area contributed by atoms with Crippen LogP contribution in [0.3, 0.4) is 0 Å². The predicted octanol–water partition coefficient (Wildman–Crippen LogP) is 7.04. The molecule has 6 heteroatoms. The molecule has 0 aliphatic rings. The molecule has 1 unspecified atom stereocenters. The van der Waals surface area contributed by atoms with Gasteiger partial charge in [0.05, 0.1) is 7.11 Å². The lowest BCUT2D eigenvalue weighted by molar-refractivity contribution is -0.115. The summed E-state index contributed by atoms with van der Waals surface area (Å²) in [6.07, 6.45) is 0. The molecule has 5 nitrogen and oxygen atoms in total. The van der Waals surface area contributed by atoms with Crippen LogP contribution in [0.1, 0.15) is 32.3 Å². The first-order chi connectivity index (χ1) is 17.4. The summed E-state index contributed by atoms with van der Waals surface area (Å²) in [5, 5.41) is 5.60. The lowest BCUT2D eigenvalue weighted by atomic mass is 10.1. The SMILES string of the molecule is COc1cccc(C(=O)Nc2cccc(SC(C(=O)Nc3c(C)cccc3C)c3ccccc3)c2)c1. The molecule has 0 bridgehead atoms. The van der Waals surface area contributed by atoms with Gasteiger partial charge in [0.1, 0.15) is 11.0 Å². The van der Waals surface area contributed by atoms with Crippen molar-refractivity contribution in [2.24, 2.45) is 0 Å². The number of para-hydroxylation sites is 1. The highest BCUT2D eigenvalue weighted by atomic mass is 32.2. The maximum absolute atomic E-state index is 13.5. The van der Waals surface area contributed by atoms with E-state index in [-0.39, 0.29) is 11.8 Å². The minimum absolute atomic E-state index is 0.102. The lowest BCUT2D eigenvalue weighted by Gasteiger charge is -2.19. The second-order valence-corrected chi connectivity index (χ2v) is 9.56. The number of ether oxygens (including phenoxy) is 1. The van der Waals surface area contributed by atoms with Crippen LogP contribution in [-0.4, -0.2) is 18.9 Å². The Bertz CT molecular complexity index is 1350. The minimum atomic E-state index is -0.477. The van der Waals surface area contributed by atoms with Crippen LogP contribution < -0.4 is 15.4 Å². The van der Waals surface area contributed by atoms with Gasteiger partial charge in [-0.05, 0) is 66.9 Å². The van der Waals surface area contributed by atoms with Gasteiger partial charge in [-0.2, -0.15) is 0 Å². The molecule has 0 saturated heterocycles. The molecule has 4 aromatic carbocycles. The first-order valence-corrected chi connectivity index (χ1v) is 12.5. The Morgan fingerprint density at radius 2 is 1.47 bits per heavy atom. The molecule has 2 amide bonds. The Hall–Kier alpha value is -4.03. The van der Waals surface area contributed by atoms with Crippen molar-refractivity contribution in [1.82, 2.24) is 0 Å². The number of aryl methyl sites for hydroxylation is 2. The van der Waals surface area contributed by atoms with E-state index >= 15 is 0 Å². The van der Waals surface area contributed by atoms with Gasteiger partial charge in [-0.1, -0.05) is 60.7 Å². The molecular formula is C30H28N2O3S. The Labute approximate surface area is 215 Å². The van der Waals surface area contributed by atoms with Crippen LogP contribution in [0.25, 0.3) is 0 Å². The summed E-state index contributed by atoms with van der Waals surface area (Å²) in [4.78, 5) is 27.2. The van der Waals surface area contributed by atoms with Crippen molar-refractivity contribution in [3.63, 3.8) is 0 Å². The maximum atomic E-state index is 13.5. The molecule has 0 saturated carbocycles. The highest BCUT2D eigenvalue weighted by Gasteiger charge is 2.23. The van der Waals surface area contributed by atoms with E-state index in [0.29, 0.717) is 17.0 Å². The average molecular weight is 497 g/mol. The first kappa shape index (κ1) is 25.1. The van der Waals surface area contributed by atoms with Gasteiger partial charge >= 0.3 is 0 Å². The number of amides is 2. The standard InChI is InChI=1S/C30H28N2O3S/c1-20-10-7-11-21(2)27(20)32-30(34)28(22-12-5-4-6-13-22)36-26-17-9-15-24(19-26)31-29(33)23-14-8-16-25(18-23)35-3/h4-19,28H,1-3H3,(H,31,33)(H,32,34). The van der Waals surface area contributed by atoms with Gasteiger partial charge in [-0.3, -0.25) is 9.59 Å². The van der Waals surface area contributed by atoms with E-state index in [1.807, 2.05) is 86.6 Å². The molecule has 182 valence electrons. The van der Waals surface area contributed by atoms with Crippen LogP contribution >= 0.6 is 11.8 Å². The summed E-state index contributed by atoms with van der Waals surface area (Å²) in [5.41, 5.74) is 4.92. The highest BCUT2D eigenvalue weighted by Crippen LogP contribution is 2.37. The van der Waals surface area contributed by atoms with E-state index in [1.165, 1.54) is 11.8 Å². The van der Waals surface area contributed by atoms with Crippen LogP contribution in [0.5, 0.6) is 5.75 Å². The van der Waals surface area contributed by atoms with Crippen LogP contribution in [0.2, 0.25) is 0 Å². The second-order valence-electron chi connectivity index (χ2n) is 8.38. The second kappa shape index (κ2) is 11.6. The third-order valence-corrected chi connectivity index (χ3v) is 7.00. The predicted molar refractivity (Wildman–Crippen MR) is 147 cm³/mol. The number of hydrogen-bond acceptors (Lipinski definition) is 4. The number of carbonyl (C=O) groups is 2. The van der Waals surface area contributed by atoms with Crippen molar-refractivity contribution in [3.05, 3.63) is 119 Å². The number of carbonyl (C=O) groups excluding carboxylic acids is 2. The minimum Gasteiger partial charge on any atom is -0.497 e. The molecule has 36 heavy (non-hydrogen) atoms. The molecule has 2 N–H and O–H groups in total. The molecule has 0 radical (unpaired) electrons. The fourth-order valence-corrected chi connectivity index (χ4v) is 4.94. The largest absolute Gasteiger partial charge is 0.497 e. The van der Waals surface area contributed by atoms with Crippen LogP contribution in [0.4, 0.5) is 11.4 Å². The van der Waals surface area contributed by atoms with Crippen molar-refractivity contribution in [1.29, 1.82) is 0 Å². The quantitative estimate of drug-likeness (QED) is 0.257. The van der Waals surface area contributed by atoms with Crippen molar-refractivity contribution in [2.75, 3.05) is 17.7 Å². The monoisotopic (exact) mass is 496 g/mol. The molecule has 4 rings (SSSR count). The molecular weight excluding hydrogens is 468 g/mol. The molecule has 0 aliphatic carbocycles. The van der Waals surface area contributed by atoms with E-state index in [2.05, 4.69) is 10.6 Å².